The van der Waals surface area contributed by atoms with E-state index in [1.165, 1.54) is 16.0 Å². The zero-order valence-corrected chi connectivity index (χ0v) is 16.6. The van der Waals surface area contributed by atoms with Crippen molar-refractivity contribution in [3.05, 3.63) is 71.5 Å². The number of benzene rings is 2. The van der Waals surface area contributed by atoms with Crippen LogP contribution in [0.3, 0.4) is 0 Å². The molecule has 0 bridgehead atoms. The van der Waals surface area contributed by atoms with E-state index in [9.17, 15) is 0 Å². The summed E-state index contributed by atoms with van der Waals surface area (Å²) in [6.45, 7) is 2.10. The fourth-order valence-electron chi connectivity index (χ4n) is 3.32. The van der Waals surface area contributed by atoms with Crippen molar-refractivity contribution in [3.63, 3.8) is 0 Å². The molecule has 1 aliphatic heterocycles. The summed E-state index contributed by atoms with van der Waals surface area (Å²) in [4.78, 5) is 17.5. The summed E-state index contributed by atoms with van der Waals surface area (Å²) < 4.78 is 0. The average Bonchev–Trinajstić information content (AvgIpc) is 2.86. The molecule has 0 spiro atoms. The minimum atomic E-state index is 0.766. The summed E-state index contributed by atoms with van der Waals surface area (Å²) in [6.07, 6.45) is 2.54. The second-order valence-corrected chi connectivity index (χ2v) is 7.96. The van der Waals surface area contributed by atoms with E-state index in [0.717, 1.165) is 40.6 Å². The molecule has 0 amide bonds. The molecule has 0 unspecified atom stereocenters. The van der Waals surface area contributed by atoms with Crippen LogP contribution in [0, 0.1) is 6.92 Å². The highest BCUT2D eigenvalue weighted by Crippen LogP contribution is 2.38. The van der Waals surface area contributed by atoms with Gasteiger partial charge in [-0.2, -0.15) is 0 Å². The molecule has 5 heteroatoms. The quantitative estimate of drug-likeness (QED) is 0.480. The molecule has 0 fully saturated rings. The monoisotopic (exact) mass is 374 g/mol. The number of amidine groups is 1. The maximum Gasteiger partial charge on any atom is 0.161 e. The van der Waals surface area contributed by atoms with Crippen LogP contribution in [-0.4, -0.2) is 40.6 Å². The Labute approximate surface area is 164 Å². The fraction of sp³-hybridized carbons (Fsp3) is 0.227. The molecule has 0 saturated carbocycles. The lowest BCUT2D eigenvalue weighted by Gasteiger charge is -2.17. The van der Waals surface area contributed by atoms with Crippen LogP contribution in [0.1, 0.15) is 16.7 Å². The van der Waals surface area contributed by atoms with E-state index >= 15 is 0 Å². The number of nitrogens with zero attached hydrogens (tertiary/aromatic N) is 4. The van der Waals surface area contributed by atoms with E-state index in [4.69, 9.17) is 4.99 Å². The van der Waals surface area contributed by atoms with Crippen LogP contribution in [0.15, 0.2) is 64.7 Å². The lowest BCUT2D eigenvalue weighted by atomic mass is 10.0. The predicted molar refractivity (Wildman–Crippen MR) is 113 cm³/mol. The lowest BCUT2D eigenvalue weighted by molar-refractivity contribution is 0.623. The summed E-state index contributed by atoms with van der Waals surface area (Å²) in [5, 5.41) is 0. The highest BCUT2D eigenvalue weighted by Gasteiger charge is 2.20. The van der Waals surface area contributed by atoms with Crippen LogP contribution < -0.4 is 0 Å². The van der Waals surface area contributed by atoms with Crippen LogP contribution in [0.4, 0.5) is 5.82 Å². The smallest absolute Gasteiger partial charge is 0.161 e. The summed E-state index contributed by atoms with van der Waals surface area (Å²) in [6, 6.07) is 16.9. The van der Waals surface area contributed by atoms with Gasteiger partial charge in [0.25, 0.3) is 0 Å². The standard InChI is InChI=1S/C22H22N4S/c1-15-7-6-8-16(13-15)22(26(2)3)25-21-18-11-12-27-19-10-5-4-9-17(19)20(18)23-14-24-21/h4-10,13-14H,11-12H2,1-3H3. The highest BCUT2D eigenvalue weighted by atomic mass is 32.2. The summed E-state index contributed by atoms with van der Waals surface area (Å²) in [7, 11) is 4.04. The van der Waals surface area contributed by atoms with Gasteiger partial charge in [0.15, 0.2) is 5.82 Å². The third-order valence-electron chi connectivity index (χ3n) is 4.59. The Balaban J connectivity index is 1.87. The third kappa shape index (κ3) is 3.60. The van der Waals surface area contributed by atoms with Gasteiger partial charge in [-0.25, -0.2) is 15.0 Å². The summed E-state index contributed by atoms with van der Waals surface area (Å²) in [5.41, 5.74) is 5.62. The normalized spacial score (nSPS) is 13.5. The van der Waals surface area contributed by atoms with E-state index in [-0.39, 0.29) is 0 Å². The Morgan fingerprint density at radius 1 is 1.07 bits per heavy atom. The van der Waals surface area contributed by atoms with Gasteiger partial charge in [0, 0.05) is 41.4 Å². The fourth-order valence-corrected chi connectivity index (χ4v) is 4.34. The van der Waals surface area contributed by atoms with Gasteiger partial charge in [-0.05, 0) is 25.5 Å². The topological polar surface area (TPSA) is 41.4 Å². The maximum absolute atomic E-state index is 4.98. The number of aryl methyl sites for hydroxylation is 1. The highest BCUT2D eigenvalue weighted by molar-refractivity contribution is 7.99. The number of rotatable bonds is 2. The Hall–Kier alpha value is -2.66. The van der Waals surface area contributed by atoms with Gasteiger partial charge in [0.2, 0.25) is 0 Å². The van der Waals surface area contributed by atoms with E-state index in [0.29, 0.717) is 0 Å². The largest absolute Gasteiger partial charge is 0.362 e. The zero-order valence-electron chi connectivity index (χ0n) is 15.8. The van der Waals surface area contributed by atoms with Gasteiger partial charge < -0.3 is 4.90 Å². The second kappa shape index (κ2) is 7.53. The van der Waals surface area contributed by atoms with Crippen molar-refractivity contribution in [3.8, 4) is 11.3 Å². The van der Waals surface area contributed by atoms with Crippen LogP contribution >= 0.6 is 11.8 Å². The van der Waals surface area contributed by atoms with E-state index < -0.39 is 0 Å². The van der Waals surface area contributed by atoms with Gasteiger partial charge in [0.05, 0.1) is 5.69 Å². The molecule has 27 heavy (non-hydrogen) atoms. The van der Waals surface area contributed by atoms with Crippen LogP contribution in [0.25, 0.3) is 11.3 Å². The van der Waals surface area contributed by atoms with Crippen LogP contribution in [0.2, 0.25) is 0 Å². The first-order valence-corrected chi connectivity index (χ1v) is 10.0. The van der Waals surface area contributed by atoms with Gasteiger partial charge in [-0.1, -0.05) is 42.0 Å². The number of fused-ring (bicyclic) bond motifs is 3. The molecular weight excluding hydrogens is 352 g/mol. The second-order valence-electron chi connectivity index (χ2n) is 6.82. The Morgan fingerprint density at radius 3 is 2.74 bits per heavy atom. The Morgan fingerprint density at radius 2 is 1.93 bits per heavy atom. The molecule has 0 atom stereocenters. The molecular formula is C22H22N4S. The van der Waals surface area contributed by atoms with Gasteiger partial charge in [0.1, 0.15) is 12.2 Å². The molecule has 0 N–H and O–H groups in total. The molecule has 0 radical (unpaired) electrons. The molecule has 2 heterocycles. The first kappa shape index (κ1) is 17.7. The summed E-state index contributed by atoms with van der Waals surface area (Å²) >= 11 is 1.87. The van der Waals surface area contributed by atoms with Gasteiger partial charge in [-0.3, -0.25) is 0 Å². The number of aliphatic imine (C=N–C) groups is 1. The Kier molecular flexibility index (Phi) is 4.94. The average molecular weight is 375 g/mol. The molecule has 0 aliphatic carbocycles. The number of hydrogen-bond donors (Lipinski definition) is 0. The molecule has 1 aliphatic rings. The van der Waals surface area contributed by atoms with Crippen LogP contribution in [0.5, 0.6) is 0 Å². The van der Waals surface area contributed by atoms with Crippen molar-refractivity contribution in [1.29, 1.82) is 0 Å². The van der Waals surface area contributed by atoms with Crippen molar-refractivity contribution >= 4 is 23.4 Å². The molecule has 3 aromatic rings. The molecule has 4 nitrogen and oxygen atoms in total. The molecule has 0 saturated heterocycles. The van der Waals surface area contributed by atoms with E-state index in [2.05, 4.69) is 65.4 Å². The number of hydrogen-bond acceptors (Lipinski definition) is 4. The minimum Gasteiger partial charge on any atom is -0.362 e. The molecule has 4 rings (SSSR count). The third-order valence-corrected chi connectivity index (χ3v) is 5.66. The van der Waals surface area contributed by atoms with Gasteiger partial charge in [-0.15, -0.1) is 11.8 Å². The lowest BCUT2D eigenvalue weighted by Crippen LogP contribution is -2.23. The maximum atomic E-state index is 4.98. The first-order chi connectivity index (χ1) is 13.1. The van der Waals surface area contributed by atoms with Crippen molar-refractivity contribution in [1.82, 2.24) is 14.9 Å². The first-order valence-electron chi connectivity index (χ1n) is 9.02. The number of thioether (sulfide) groups is 1. The SMILES string of the molecule is Cc1cccc(C(=Nc2ncnc3c2CCSc2ccccc2-3)N(C)C)c1. The van der Waals surface area contributed by atoms with Crippen molar-refractivity contribution in [2.24, 2.45) is 4.99 Å². The predicted octanol–water partition coefficient (Wildman–Crippen LogP) is 4.74. The van der Waals surface area contributed by atoms with Crippen LogP contribution in [-0.2, 0) is 6.42 Å². The van der Waals surface area contributed by atoms with E-state index in [1.807, 2.05) is 30.8 Å². The van der Waals surface area contributed by atoms with E-state index in [1.54, 1.807) is 6.33 Å². The number of aromatic nitrogens is 2. The molecule has 1 aromatic heterocycles. The van der Waals surface area contributed by atoms with Gasteiger partial charge >= 0.3 is 0 Å². The molecule has 2 aromatic carbocycles. The Bertz CT molecular complexity index is 1010. The van der Waals surface area contributed by atoms with Crippen molar-refractivity contribution in [2.45, 2.75) is 18.2 Å². The minimum absolute atomic E-state index is 0.766. The van der Waals surface area contributed by atoms with Crippen molar-refractivity contribution < 1.29 is 0 Å². The summed E-state index contributed by atoms with van der Waals surface area (Å²) in [5.74, 6) is 2.68. The zero-order chi connectivity index (χ0) is 18.8. The van der Waals surface area contributed by atoms with Crippen molar-refractivity contribution in [2.75, 3.05) is 19.8 Å². The molecule has 136 valence electrons.